The molecule has 1 heterocycles. The third-order valence-electron chi connectivity index (χ3n) is 4.31. The molecule has 0 N–H and O–H groups in total. The molecule has 0 unspecified atom stereocenters. The van der Waals surface area contributed by atoms with Crippen LogP contribution in [0.5, 0.6) is 0 Å². The Hall–Kier alpha value is -2.48. The summed E-state index contributed by atoms with van der Waals surface area (Å²) in [6.07, 6.45) is 1.65. The monoisotopic (exact) mass is 484 g/mol. The Kier molecular flexibility index (Phi) is 5.54. The molecular formula is C22H17BrN2O2S2. The fourth-order valence-electron chi connectivity index (χ4n) is 2.76. The Morgan fingerprint density at radius 1 is 0.897 bits per heavy atom. The Morgan fingerprint density at radius 2 is 1.55 bits per heavy atom. The highest BCUT2D eigenvalue weighted by atomic mass is 79.9. The lowest BCUT2D eigenvalue weighted by Crippen LogP contribution is -2.23. The number of hydrogen-bond acceptors (Lipinski definition) is 4. The highest BCUT2D eigenvalue weighted by molar-refractivity contribution is 9.10. The average molecular weight is 485 g/mol. The first kappa shape index (κ1) is 19.8. The van der Waals surface area contributed by atoms with E-state index in [0.717, 1.165) is 20.5 Å². The van der Waals surface area contributed by atoms with Gasteiger partial charge in [-0.3, -0.25) is 0 Å². The summed E-state index contributed by atoms with van der Waals surface area (Å²) >= 11 is 4.75. The molecule has 0 aliphatic heterocycles. The molecule has 0 amide bonds. The van der Waals surface area contributed by atoms with E-state index in [1.54, 1.807) is 30.5 Å². The van der Waals surface area contributed by atoms with Gasteiger partial charge in [-0.1, -0.05) is 75.3 Å². The molecule has 0 saturated carbocycles. The van der Waals surface area contributed by atoms with Gasteiger partial charge in [0.1, 0.15) is 0 Å². The third-order valence-corrected chi connectivity index (χ3v) is 7.65. The molecule has 146 valence electrons. The van der Waals surface area contributed by atoms with E-state index < -0.39 is 10.0 Å². The second-order valence-electron chi connectivity index (χ2n) is 6.45. The molecule has 4 rings (SSSR count). The summed E-state index contributed by atoms with van der Waals surface area (Å²) in [6, 6.07) is 24.0. The lowest BCUT2D eigenvalue weighted by Gasteiger charge is -2.06. The maximum absolute atomic E-state index is 13.4. The highest BCUT2D eigenvalue weighted by Gasteiger charge is 2.20. The van der Waals surface area contributed by atoms with E-state index in [4.69, 9.17) is 0 Å². The predicted octanol–water partition coefficient (Wildman–Crippen LogP) is 5.76. The molecule has 0 fully saturated rings. The van der Waals surface area contributed by atoms with Crippen LogP contribution in [0.15, 0.2) is 99.4 Å². The van der Waals surface area contributed by atoms with Gasteiger partial charge in [-0.2, -0.15) is 0 Å². The zero-order chi connectivity index (χ0) is 20.4. The molecule has 29 heavy (non-hydrogen) atoms. The van der Waals surface area contributed by atoms with Crippen LogP contribution < -0.4 is 4.80 Å². The predicted molar refractivity (Wildman–Crippen MR) is 121 cm³/mol. The van der Waals surface area contributed by atoms with E-state index in [1.807, 2.05) is 61.5 Å². The molecule has 0 aliphatic carbocycles. The van der Waals surface area contributed by atoms with Crippen molar-refractivity contribution in [1.29, 1.82) is 0 Å². The largest absolute Gasteiger partial charge is 0.270 e. The van der Waals surface area contributed by atoms with Crippen molar-refractivity contribution in [2.24, 2.45) is 4.99 Å². The molecule has 0 bridgehead atoms. The molecule has 0 aliphatic rings. The third kappa shape index (κ3) is 4.27. The van der Waals surface area contributed by atoms with Gasteiger partial charge in [0.2, 0.25) is 4.80 Å². The summed E-state index contributed by atoms with van der Waals surface area (Å²) in [6.45, 7) is 1.93. The Bertz CT molecular complexity index is 1310. The van der Waals surface area contributed by atoms with Gasteiger partial charge in [0.25, 0.3) is 10.0 Å². The van der Waals surface area contributed by atoms with Crippen LogP contribution in [0.2, 0.25) is 0 Å². The SMILES string of the molecule is Cc1ccc(S(=O)(=O)n2cc(-c3ccccc3)sc2=Nc2ccc(Br)cc2)cc1. The number of aryl methyl sites for hydroxylation is 1. The highest BCUT2D eigenvalue weighted by Crippen LogP contribution is 2.25. The van der Waals surface area contributed by atoms with Gasteiger partial charge in [-0.05, 0) is 48.9 Å². The van der Waals surface area contributed by atoms with Gasteiger partial charge in [0, 0.05) is 10.7 Å². The van der Waals surface area contributed by atoms with E-state index in [2.05, 4.69) is 20.9 Å². The quantitative estimate of drug-likeness (QED) is 0.369. The van der Waals surface area contributed by atoms with Crippen molar-refractivity contribution in [1.82, 2.24) is 3.97 Å². The molecule has 0 saturated heterocycles. The summed E-state index contributed by atoms with van der Waals surface area (Å²) in [5, 5.41) is 0. The van der Waals surface area contributed by atoms with Crippen LogP contribution in [0.4, 0.5) is 5.69 Å². The summed E-state index contributed by atoms with van der Waals surface area (Å²) in [7, 11) is -3.78. The summed E-state index contributed by atoms with van der Waals surface area (Å²) < 4.78 is 28.9. The molecular weight excluding hydrogens is 468 g/mol. The van der Waals surface area contributed by atoms with E-state index in [1.165, 1.54) is 15.3 Å². The number of aromatic nitrogens is 1. The van der Waals surface area contributed by atoms with Crippen LogP contribution in [0.3, 0.4) is 0 Å². The first-order valence-electron chi connectivity index (χ1n) is 8.84. The maximum atomic E-state index is 13.4. The van der Waals surface area contributed by atoms with Gasteiger partial charge < -0.3 is 0 Å². The fourth-order valence-corrected chi connectivity index (χ4v) is 5.60. The second kappa shape index (κ2) is 8.10. The van der Waals surface area contributed by atoms with Crippen LogP contribution in [-0.4, -0.2) is 12.4 Å². The Morgan fingerprint density at radius 3 is 2.21 bits per heavy atom. The van der Waals surface area contributed by atoms with Crippen LogP contribution >= 0.6 is 27.3 Å². The van der Waals surface area contributed by atoms with E-state index in [0.29, 0.717) is 10.5 Å². The molecule has 4 aromatic rings. The van der Waals surface area contributed by atoms with Gasteiger partial charge in [0.05, 0.1) is 15.5 Å². The number of halogens is 1. The number of hydrogen-bond donors (Lipinski definition) is 0. The molecule has 0 atom stereocenters. The molecule has 4 nitrogen and oxygen atoms in total. The van der Waals surface area contributed by atoms with Crippen molar-refractivity contribution in [3.05, 3.63) is 99.9 Å². The molecule has 3 aromatic carbocycles. The summed E-state index contributed by atoms with van der Waals surface area (Å²) in [5.74, 6) is 0. The van der Waals surface area contributed by atoms with Crippen molar-refractivity contribution in [2.75, 3.05) is 0 Å². The number of benzene rings is 3. The van der Waals surface area contributed by atoms with Gasteiger partial charge >= 0.3 is 0 Å². The zero-order valence-corrected chi connectivity index (χ0v) is 18.7. The minimum Gasteiger partial charge on any atom is -0.220 e. The van der Waals surface area contributed by atoms with Gasteiger partial charge in [-0.25, -0.2) is 17.4 Å². The van der Waals surface area contributed by atoms with E-state index in [-0.39, 0.29) is 4.90 Å². The van der Waals surface area contributed by atoms with Crippen molar-refractivity contribution < 1.29 is 8.42 Å². The molecule has 0 spiro atoms. The van der Waals surface area contributed by atoms with Gasteiger partial charge in [-0.15, -0.1) is 0 Å². The Labute approximate surface area is 182 Å². The van der Waals surface area contributed by atoms with Crippen molar-refractivity contribution in [3.8, 4) is 10.4 Å². The molecule has 1 aromatic heterocycles. The second-order valence-corrected chi connectivity index (χ2v) is 10.2. The molecule has 0 radical (unpaired) electrons. The van der Waals surface area contributed by atoms with Crippen molar-refractivity contribution in [2.45, 2.75) is 11.8 Å². The van der Waals surface area contributed by atoms with Crippen LogP contribution in [0.25, 0.3) is 10.4 Å². The van der Waals surface area contributed by atoms with Crippen molar-refractivity contribution >= 4 is 43.0 Å². The van der Waals surface area contributed by atoms with Crippen LogP contribution in [0, 0.1) is 6.92 Å². The van der Waals surface area contributed by atoms with Crippen LogP contribution in [0.1, 0.15) is 5.56 Å². The topological polar surface area (TPSA) is 51.4 Å². The van der Waals surface area contributed by atoms with E-state index >= 15 is 0 Å². The lowest BCUT2D eigenvalue weighted by atomic mass is 10.2. The maximum Gasteiger partial charge on any atom is 0.270 e. The number of rotatable bonds is 4. The smallest absolute Gasteiger partial charge is 0.220 e. The zero-order valence-electron chi connectivity index (χ0n) is 15.5. The standard InChI is InChI=1S/C22H17BrN2O2S2/c1-16-7-13-20(14-8-16)29(26,27)25-15-21(17-5-3-2-4-6-17)28-22(25)24-19-11-9-18(23)10-12-19/h2-15H,1H3. The first-order chi connectivity index (χ1) is 13.9. The molecule has 7 heteroatoms. The minimum atomic E-state index is -3.78. The Balaban J connectivity index is 1.93. The van der Waals surface area contributed by atoms with Crippen LogP contribution in [-0.2, 0) is 10.0 Å². The van der Waals surface area contributed by atoms with Crippen molar-refractivity contribution in [3.63, 3.8) is 0 Å². The summed E-state index contributed by atoms with van der Waals surface area (Å²) in [5.41, 5.74) is 2.63. The number of thiazole rings is 1. The summed E-state index contributed by atoms with van der Waals surface area (Å²) in [4.78, 5) is 6.08. The fraction of sp³-hybridized carbons (Fsp3) is 0.0455. The number of nitrogens with zero attached hydrogens (tertiary/aromatic N) is 2. The average Bonchev–Trinajstić information content (AvgIpc) is 3.15. The lowest BCUT2D eigenvalue weighted by molar-refractivity contribution is 0.586. The van der Waals surface area contributed by atoms with E-state index in [9.17, 15) is 8.42 Å². The normalized spacial score (nSPS) is 12.3. The first-order valence-corrected chi connectivity index (χ1v) is 11.9. The van der Waals surface area contributed by atoms with Gasteiger partial charge in [0.15, 0.2) is 0 Å². The minimum absolute atomic E-state index is 0.234.